The van der Waals surface area contributed by atoms with Crippen LogP contribution < -0.4 is 9.47 Å². The van der Waals surface area contributed by atoms with E-state index in [1.807, 2.05) is 7.11 Å². The standard InChI is InChI=1S/C34H41F3NO4/c1-38(18-21-4-5-21)15-14-32-28-23-8-11-26(39-2)29(28)42-30(32)33(40-3)13-12-31(32,27(38)16-23)17-25(33)20-41-19-22-6-9-24(10-7-22)34(35,36)37/h6-11,21,25,27,30H,4-5,12-20H2,1-3H3/q+1/t25-,27-,30-,31-,32+,33-,38-/m1/s1. The number of methoxy groups -OCH3 is 2. The SMILES string of the molecule is COc1ccc2c3c1O[C@H]1[C@@]4(OC)CC[C@@]5(C[C@@H]4COCc4ccc(C(F)(F)F)cc4)[C@@H](C2)[N@@+](C)(CC2CC2)CC[C@]315. The Kier molecular flexibility index (Phi) is 5.77. The van der Waals surface area contributed by atoms with Crippen molar-refractivity contribution >= 4 is 0 Å². The third kappa shape index (κ3) is 3.43. The average molecular weight is 585 g/mol. The quantitative estimate of drug-likeness (QED) is 0.342. The predicted octanol–water partition coefficient (Wildman–Crippen LogP) is 6.30. The zero-order chi connectivity index (χ0) is 29.1. The highest BCUT2D eigenvalue weighted by atomic mass is 19.4. The number of hydrogen-bond donors (Lipinski definition) is 0. The molecule has 2 heterocycles. The van der Waals surface area contributed by atoms with Crippen molar-refractivity contribution in [3.63, 3.8) is 0 Å². The summed E-state index contributed by atoms with van der Waals surface area (Å²) in [6.45, 7) is 3.19. The summed E-state index contributed by atoms with van der Waals surface area (Å²) >= 11 is 0. The summed E-state index contributed by atoms with van der Waals surface area (Å²) in [5.41, 5.74) is 2.41. The molecule has 2 spiro atoms. The van der Waals surface area contributed by atoms with Gasteiger partial charge >= 0.3 is 6.18 Å². The Morgan fingerprint density at radius 3 is 2.50 bits per heavy atom. The molecule has 7 atom stereocenters. The lowest BCUT2D eigenvalue weighted by Crippen LogP contribution is -2.83. The summed E-state index contributed by atoms with van der Waals surface area (Å²) in [7, 11) is 6.08. The van der Waals surface area contributed by atoms with Gasteiger partial charge in [0, 0.05) is 42.8 Å². The van der Waals surface area contributed by atoms with Crippen molar-refractivity contribution in [3.05, 3.63) is 58.7 Å². The van der Waals surface area contributed by atoms with Crippen LogP contribution in [0.15, 0.2) is 36.4 Å². The van der Waals surface area contributed by atoms with Crippen LogP contribution in [0.4, 0.5) is 13.2 Å². The monoisotopic (exact) mass is 584 g/mol. The highest BCUT2D eigenvalue weighted by Gasteiger charge is 2.83. The van der Waals surface area contributed by atoms with Gasteiger partial charge in [0.15, 0.2) is 11.5 Å². The largest absolute Gasteiger partial charge is 0.493 e. The number of rotatable bonds is 8. The minimum Gasteiger partial charge on any atom is -0.493 e. The van der Waals surface area contributed by atoms with Crippen LogP contribution in [-0.2, 0) is 34.1 Å². The minimum absolute atomic E-state index is 0.0762. The molecule has 5 aliphatic carbocycles. The Morgan fingerprint density at radius 2 is 1.81 bits per heavy atom. The van der Waals surface area contributed by atoms with Gasteiger partial charge in [-0.2, -0.15) is 13.2 Å². The van der Waals surface area contributed by atoms with E-state index in [4.69, 9.17) is 18.9 Å². The summed E-state index contributed by atoms with van der Waals surface area (Å²) in [5.74, 6) is 2.71. The van der Waals surface area contributed by atoms with E-state index in [2.05, 4.69) is 19.2 Å². The second kappa shape index (κ2) is 8.89. The molecule has 8 heteroatoms. The van der Waals surface area contributed by atoms with Gasteiger partial charge in [0.2, 0.25) is 0 Å². The molecule has 226 valence electrons. The van der Waals surface area contributed by atoms with Crippen molar-refractivity contribution in [2.45, 2.75) is 80.9 Å². The van der Waals surface area contributed by atoms with Crippen molar-refractivity contribution in [2.75, 3.05) is 41.0 Å². The topological polar surface area (TPSA) is 36.9 Å². The highest BCUT2D eigenvalue weighted by Crippen LogP contribution is 2.77. The molecule has 2 aliphatic heterocycles. The number of halogens is 3. The number of nitrogens with zero attached hydrogens (tertiary/aromatic N) is 1. The van der Waals surface area contributed by atoms with Crippen molar-refractivity contribution in [2.24, 2.45) is 17.3 Å². The van der Waals surface area contributed by atoms with E-state index in [0.29, 0.717) is 12.6 Å². The van der Waals surface area contributed by atoms with Gasteiger partial charge in [-0.05, 0) is 61.4 Å². The van der Waals surface area contributed by atoms with Crippen LogP contribution in [0.5, 0.6) is 11.5 Å². The number of likely N-dealkylation sites (tertiary alicyclic amines) is 1. The Balaban J connectivity index is 1.16. The predicted molar refractivity (Wildman–Crippen MR) is 150 cm³/mol. The number of ether oxygens (including phenoxy) is 4. The van der Waals surface area contributed by atoms with Crippen LogP contribution in [0.25, 0.3) is 0 Å². The number of fused-ring (bicyclic) bond motifs is 2. The van der Waals surface area contributed by atoms with Crippen molar-refractivity contribution in [1.29, 1.82) is 0 Å². The van der Waals surface area contributed by atoms with Crippen molar-refractivity contribution < 1.29 is 36.6 Å². The van der Waals surface area contributed by atoms with E-state index in [0.717, 1.165) is 78.2 Å². The average Bonchev–Trinajstić information content (AvgIpc) is 3.71. The van der Waals surface area contributed by atoms with Crippen LogP contribution in [0.3, 0.4) is 0 Å². The van der Waals surface area contributed by atoms with Gasteiger partial charge in [-0.25, -0.2) is 0 Å². The summed E-state index contributed by atoms with van der Waals surface area (Å²) in [6.07, 6.45) is 3.48. The summed E-state index contributed by atoms with van der Waals surface area (Å²) in [4.78, 5) is 0. The lowest BCUT2D eigenvalue weighted by molar-refractivity contribution is -0.952. The fourth-order valence-corrected chi connectivity index (χ4v) is 10.7. The van der Waals surface area contributed by atoms with Gasteiger partial charge in [-0.1, -0.05) is 18.2 Å². The molecule has 0 radical (unpaired) electrons. The molecule has 2 aromatic carbocycles. The number of benzene rings is 2. The van der Waals surface area contributed by atoms with Gasteiger partial charge < -0.3 is 23.4 Å². The molecule has 5 fully saturated rings. The maximum atomic E-state index is 13.1. The second-order valence-corrected chi connectivity index (χ2v) is 14.3. The van der Waals surface area contributed by atoms with Gasteiger partial charge in [0.25, 0.3) is 0 Å². The number of quaternary nitrogens is 1. The van der Waals surface area contributed by atoms with Crippen LogP contribution in [-0.4, -0.2) is 63.2 Å². The first-order chi connectivity index (χ1) is 20.1. The van der Waals surface area contributed by atoms with Crippen molar-refractivity contribution in [3.8, 4) is 11.5 Å². The third-order valence-electron chi connectivity index (χ3n) is 12.6. The maximum Gasteiger partial charge on any atom is 0.416 e. The Morgan fingerprint density at radius 1 is 1.02 bits per heavy atom. The molecular formula is C34H41F3NO4+. The van der Waals surface area contributed by atoms with Gasteiger partial charge in [0.1, 0.15) is 11.7 Å². The molecule has 1 saturated heterocycles. The Hall–Kier alpha value is -2.29. The van der Waals surface area contributed by atoms with Gasteiger partial charge in [0.05, 0.1) is 57.5 Å². The highest BCUT2D eigenvalue weighted by molar-refractivity contribution is 5.63. The fourth-order valence-electron chi connectivity index (χ4n) is 10.7. The lowest BCUT2D eigenvalue weighted by atomic mass is 9.34. The van der Waals surface area contributed by atoms with E-state index in [-0.39, 0.29) is 29.5 Å². The van der Waals surface area contributed by atoms with E-state index in [1.165, 1.54) is 42.6 Å². The van der Waals surface area contributed by atoms with Gasteiger partial charge in [-0.15, -0.1) is 0 Å². The summed E-state index contributed by atoms with van der Waals surface area (Å²) in [6, 6.07) is 10.2. The molecule has 4 saturated carbocycles. The zero-order valence-electron chi connectivity index (χ0n) is 24.8. The van der Waals surface area contributed by atoms with Crippen LogP contribution in [0, 0.1) is 17.3 Å². The molecule has 0 aromatic heterocycles. The summed E-state index contributed by atoms with van der Waals surface area (Å²) in [5, 5.41) is 0. The van der Waals surface area contributed by atoms with E-state index in [9.17, 15) is 13.2 Å². The molecule has 0 unspecified atom stereocenters. The molecule has 42 heavy (non-hydrogen) atoms. The number of alkyl halides is 3. The van der Waals surface area contributed by atoms with Crippen LogP contribution in [0.2, 0.25) is 0 Å². The third-order valence-corrected chi connectivity index (χ3v) is 12.6. The molecule has 4 bridgehead atoms. The van der Waals surface area contributed by atoms with E-state index < -0.39 is 17.3 Å². The molecule has 9 rings (SSSR count). The number of piperidine rings is 1. The molecule has 0 N–H and O–H groups in total. The first kappa shape index (κ1) is 27.3. The molecule has 0 amide bonds. The fraction of sp³-hybridized carbons (Fsp3) is 0.647. The first-order valence-electron chi connectivity index (χ1n) is 15.6. The maximum absolute atomic E-state index is 13.1. The number of hydrogen-bond acceptors (Lipinski definition) is 4. The molecule has 2 aromatic rings. The van der Waals surface area contributed by atoms with Crippen LogP contribution >= 0.6 is 0 Å². The summed E-state index contributed by atoms with van der Waals surface area (Å²) < 4.78 is 66.3. The second-order valence-electron chi connectivity index (χ2n) is 14.3. The molecule has 7 aliphatic rings. The van der Waals surface area contributed by atoms with E-state index in [1.54, 1.807) is 7.11 Å². The lowest BCUT2D eigenvalue weighted by Gasteiger charge is -2.74. The van der Waals surface area contributed by atoms with Gasteiger partial charge in [-0.3, -0.25) is 0 Å². The number of likely N-dealkylation sites (N-methyl/N-ethyl adjacent to an activating group) is 1. The first-order valence-corrected chi connectivity index (χ1v) is 15.6. The Labute approximate surface area is 245 Å². The van der Waals surface area contributed by atoms with Crippen LogP contribution in [0.1, 0.15) is 60.8 Å². The smallest absolute Gasteiger partial charge is 0.416 e. The zero-order valence-corrected chi connectivity index (χ0v) is 24.8. The van der Waals surface area contributed by atoms with E-state index >= 15 is 0 Å². The molecular weight excluding hydrogens is 543 g/mol. The normalized spacial score (nSPS) is 39.1. The Bertz CT molecular complexity index is 1410. The van der Waals surface area contributed by atoms with Crippen molar-refractivity contribution in [1.82, 2.24) is 0 Å². The minimum atomic E-state index is -4.34. The molecule has 5 nitrogen and oxygen atoms in total.